The highest BCUT2D eigenvalue weighted by Gasteiger charge is 2.29. The summed E-state index contributed by atoms with van der Waals surface area (Å²) in [6, 6.07) is 5.63. The summed E-state index contributed by atoms with van der Waals surface area (Å²) in [5, 5.41) is 5.83. The molecule has 0 bridgehead atoms. The van der Waals surface area contributed by atoms with Crippen LogP contribution in [0.1, 0.15) is 28.1 Å². The summed E-state index contributed by atoms with van der Waals surface area (Å²) < 4.78 is 5.22. The van der Waals surface area contributed by atoms with Crippen LogP contribution in [-0.4, -0.2) is 54.3 Å². The van der Waals surface area contributed by atoms with Crippen molar-refractivity contribution in [1.29, 1.82) is 0 Å². The van der Waals surface area contributed by atoms with Crippen LogP contribution >= 0.6 is 22.7 Å². The second-order valence-electron chi connectivity index (χ2n) is 6.53. The van der Waals surface area contributed by atoms with Crippen LogP contribution in [0.3, 0.4) is 0 Å². The van der Waals surface area contributed by atoms with Crippen molar-refractivity contribution in [3.05, 3.63) is 44.8 Å². The molecule has 1 aliphatic heterocycles. The third kappa shape index (κ3) is 5.17. The van der Waals surface area contributed by atoms with Gasteiger partial charge >= 0.3 is 5.97 Å². The molecular formula is C19H22N2O4S2. The van der Waals surface area contributed by atoms with Gasteiger partial charge in [0, 0.05) is 26.7 Å². The predicted molar refractivity (Wildman–Crippen MR) is 105 cm³/mol. The number of ether oxygens (including phenoxy) is 1. The second kappa shape index (κ2) is 9.14. The van der Waals surface area contributed by atoms with E-state index in [9.17, 15) is 14.4 Å². The van der Waals surface area contributed by atoms with Gasteiger partial charge in [-0.15, -0.1) is 11.3 Å². The summed E-state index contributed by atoms with van der Waals surface area (Å²) in [6.45, 7) is 1.32. The fourth-order valence-corrected chi connectivity index (χ4v) is 4.33. The second-order valence-corrected chi connectivity index (χ2v) is 8.26. The van der Waals surface area contributed by atoms with Crippen LogP contribution in [0.4, 0.5) is 0 Å². The molecule has 0 atom stereocenters. The fourth-order valence-electron chi connectivity index (χ4n) is 2.98. The number of esters is 1. The Morgan fingerprint density at radius 1 is 1.22 bits per heavy atom. The van der Waals surface area contributed by atoms with Crippen molar-refractivity contribution in [2.75, 3.05) is 26.7 Å². The number of likely N-dealkylation sites (tertiary alicyclic amines) is 1. The molecule has 0 spiro atoms. The molecule has 2 aromatic rings. The first-order valence-electron chi connectivity index (χ1n) is 8.79. The molecule has 2 aromatic heterocycles. The zero-order valence-corrected chi connectivity index (χ0v) is 16.8. The standard InChI is InChI=1S/C19H22N2O4S2/c1-20(11-14-6-10-26-13-14)17(22)12-25-19(24)15-4-7-21(8-5-15)18(23)16-3-2-9-27-16/h2-3,6,9-10,13,15H,4-5,7-8,11-12H2,1H3. The van der Waals surface area contributed by atoms with E-state index in [0.717, 1.165) is 10.4 Å². The molecule has 27 heavy (non-hydrogen) atoms. The lowest BCUT2D eigenvalue weighted by molar-refractivity contribution is -0.156. The molecule has 8 heteroatoms. The van der Waals surface area contributed by atoms with Crippen molar-refractivity contribution in [2.45, 2.75) is 19.4 Å². The Hall–Kier alpha value is -2.19. The largest absolute Gasteiger partial charge is 0.455 e. The quantitative estimate of drug-likeness (QED) is 0.692. The van der Waals surface area contributed by atoms with Gasteiger partial charge in [-0.3, -0.25) is 14.4 Å². The van der Waals surface area contributed by atoms with Crippen LogP contribution in [-0.2, 0) is 20.9 Å². The van der Waals surface area contributed by atoms with E-state index in [4.69, 9.17) is 4.74 Å². The number of piperidine rings is 1. The number of carbonyl (C=O) groups is 3. The minimum Gasteiger partial charge on any atom is -0.455 e. The first kappa shape index (κ1) is 19.6. The van der Waals surface area contributed by atoms with Gasteiger partial charge in [0.1, 0.15) is 0 Å². The van der Waals surface area contributed by atoms with Crippen molar-refractivity contribution >= 4 is 40.5 Å². The Balaban J connectivity index is 1.40. The summed E-state index contributed by atoms with van der Waals surface area (Å²) >= 11 is 3.00. The van der Waals surface area contributed by atoms with Crippen molar-refractivity contribution in [2.24, 2.45) is 5.92 Å². The highest BCUT2D eigenvalue weighted by molar-refractivity contribution is 7.12. The number of thiophene rings is 2. The molecule has 2 amide bonds. The van der Waals surface area contributed by atoms with Gasteiger partial charge < -0.3 is 14.5 Å². The van der Waals surface area contributed by atoms with Gasteiger partial charge in [-0.2, -0.15) is 11.3 Å². The highest BCUT2D eigenvalue weighted by Crippen LogP contribution is 2.22. The number of rotatable bonds is 6. The summed E-state index contributed by atoms with van der Waals surface area (Å²) in [5.41, 5.74) is 1.06. The van der Waals surface area contributed by atoms with Crippen molar-refractivity contribution in [3.63, 3.8) is 0 Å². The molecule has 6 nitrogen and oxygen atoms in total. The van der Waals surface area contributed by atoms with E-state index in [2.05, 4.69) is 0 Å². The molecule has 0 saturated carbocycles. The van der Waals surface area contributed by atoms with Crippen LogP contribution in [0.25, 0.3) is 0 Å². The lowest BCUT2D eigenvalue weighted by Crippen LogP contribution is -2.41. The van der Waals surface area contributed by atoms with Gasteiger partial charge in [0.05, 0.1) is 10.8 Å². The Kier molecular flexibility index (Phi) is 6.63. The van der Waals surface area contributed by atoms with Gasteiger partial charge in [0.25, 0.3) is 11.8 Å². The monoisotopic (exact) mass is 406 g/mol. The van der Waals surface area contributed by atoms with E-state index in [-0.39, 0.29) is 30.3 Å². The Morgan fingerprint density at radius 3 is 2.63 bits per heavy atom. The minimum absolute atomic E-state index is 0.0158. The van der Waals surface area contributed by atoms with E-state index < -0.39 is 0 Å². The molecule has 0 radical (unpaired) electrons. The average molecular weight is 407 g/mol. The molecule has 0 unspecified atom stereocenters. The van der Waals surface area contributed by atoms with Crippen LogP contribution in [0.2, 0.25) is 0 Å². The number of likely N-dealkylation sites (N-methyl/N-ethyl adjacent to an activating group) is 1. The number of amides is 2. The van der Waals surface area contributed by atoms with E-state index >= 15 is 0 Å². The first-order chi connectivity index (χ1) is 13.0. The summed E-state index contributed by atoms with van der Waals surface area (Å²) in [5.74, 6) is -0.815. The third-order valence-electron chi connectivity index (χ3n) is 4.61. The Labute approximate surface area is 166 Å². The zero-order chi connectivity index (χ0) is 19.2. The SMILES string of the molecule is CN(Cc1ccsc1)C(=O)COC(=O)C1CCN(C(=O)c2cccs2)CC1. The molecule has 0 aliphatic carbocycles. The van der Waals surface area contributed by atoms with Gasteiger partial charge in [-0.05, 0) is 46.7 Å². The maximum Gasteiger partial charge on any atom is 0.309 e. The molecular weight excluding hydrogens is 384 g/mol. The summed E-state index contributed by atoms with van der Waals surface area (Å²) in [4.78, 5) is 40.8. The van der Waals surface area contributed by atoms with Crippen LogP contribution < -0.4 is 0 Å². The predicted octanol–water partition coefficient (Wildman–Crippen LogP) is 2.86. The lowest BCUT2D eigenvalue weighted by atomic mass is 9.97. The van der Waals surface area contributed by atoms with Crippen LogP contribution in [0.5, 0.6) is 0 Å². The minimum atomic E-state index is -0.351. The first-order valence-corrected chi connectivity index (χ1v) is 10.6. The maximum absolute atomic E-state index is 12.3. The van der Waals surface area contributed by atoms with Gasteiger partial charge in [0.15, 0.2) is 6.61 Å². The van der Waals surface area contributed by atoms with Crippen molar-refractivity contribution in [3.8, 4) is 0 Å². The fraction of sp³-hybridized carbons (Fsp3) is 0.421. The number of hydrogen-bond donors (Lipinski definition) is 0. The van der Waals surface area contributed by atoms with Crippen molar-refractivity contribution < 1.29 is 19.1 Å². The van der Waals surface area contributed by atoms with Crippen LogP contribution in [0.15, 0.2) is 34.3 Å². The van der Waals surface area contributed by atoms with Gasteiger partial charge in [0.2, 0.25) is 0 Å². The normalized spacial score (nSPS) is 14.8. The summed E-state index contributed by atoms with van der Waals surface area (Å²) in [7, 11) is 1.70. The molecule has 144 valence electrons. The molecule has 1 saturated heterocycles. The highest BCUT2D eigenvalue weighted by atomic mass is 32.1. The summed E-state index contributed by atoms with van der Waals surface area (Å²) in [6.07, 6.45) is 1.13. The Bertz CT molecular complexity index is 766. The van der Waals surface area contributed by atoms with E-state index in [0.29, 0.717) is 32.5 Å². The van der Waals surface area contributed by atoms with Crippen molar-refractivity contribution in [1.82, 2.24) is 9.80 Å². The van der Waals surface area contributed by atoms with Crippen LogP contribution in [0, 0.1) is 5.92 Å². The van der Waals surface area contributed by atoms with E-state index in [1.54, 1.807) is 28.2 Å². The Morgan fingerprint density at radius 2 is 2.00 bits per heavy atom. The smallest absolute Gasteiger partial charge is 0.309 e. The molecule has 3 rings (SSSR count). The zero-order valence-electron chi connectivity index (χ0n) is 15.1. The number of carbonyl (C=O) groups excluding carboxylic acids is 3. The molecule has 1 fully saturated rings. The number of hydrogen-bond acceptors (Lipinski definition) is 6. The maximum atomic E-state index is 12.3. The molecule has 0 N–H and O–H groups in total. The third-order valence-corrected chi connectivity index (χ3v) is 6.20. The van der Waals surface area contributed by atoms with E-state index in [1.165, 1.54) is 11.3 Å². The molecule has 0 aromatic carbocycles. The van der Waals surface area contributed by atoms with Gasteiger partial charge in [-0.25, -0.2) is 0 Å². The number of nitrogens with zero attached hydrogens (tertiary/aromatic N) is 2. The lowest BCUT2D eigenvalue weighted by Gasteiger charge is -2.30. The molecule has 1 aliphatic rings. The van der Waals surface area contributed by atoms with Gasteiger partial charge in [-0.1, -0.05) is 6.07 Å². The topological polar surface area (TPSA) is 66.9 Å². The average Bonchev–Trinajstić information content (AvgIpc) is 3.39. The molecule has 3 heterocycles. The van der Waals surface area contributed by atoms with E-state index in [1.807, 2.05) is 34.3 Å².